The molecule has 0 atom stereocenters. The van der Waals surface area contributed by atoms with Crippen LogP contribution < -0.4 is 10.5 Å². The smallest absolute Gasteiger partial charge is 0.124 e. The highest BCUT2D eigenvalue weighted by molar-refractivity contribution is 9.10. The first kappa shape index (κ1) is 12.9. The molecule has 18 heavy (non-hydrogen) atoms. The van der Waals surface area contributed by atoms with E-state index < -0.39 is 0 Å². The Morgan fingerprint density at radius 2 is 2.00 bits per heavy atom. The Labute approximate surface area is 114 Å². The van der Waals surface area contributed by atoms with Gasteiger partial charge < -0.3 is 10.5 Å². The minimum absolute atomic E-state index is 0.281. The number of benzene rings is 2. The number of ether oxygens (including phenoxy) is 1. The minimum atomic E-state index is -0.281. The third-order valence-corrected chi connectivity index (χ3v) is 2.97. The minimum Gasteiger partial charge on any atom is -0.489 e. The summed E-state index contributed by atoms with van der Waals surface area (Å²) in [5.74, 6) is 0.474. The Morgan fingerprint density at radius 3 is 2.67 bits per heavy atom. The largest absolute Gasteiger partial charge is 0.489 e. The summed E-state index contributed by atoms with van der Waals surface area (Å²) < 4.78 is 19.5. The first-order valence-electron chi connectivity index (χ1n) is 5.48. The number of nitrogens with two attached hydrogens (primary N) is 1. The van der Waals surface area contributed by atoms with Crippen LogP contribution >= 0.6 is 15.9 Å². The molecule has 0 heterocycles. The Morgan fingerprint density at radius 1 is 1.22 bits per heavy atom. The second kappa shape index (κ2) is 5.40. The van der Waals surface area contributed by atoms with Crippen molar-refractivity contribution in [2.24, 2.45) is 0 Å². The monoisotopic (exact) mass is 309 g/mol. The van der Waals surface area contributed by atoms with Crippen LogP contribution in [0.25, 0.3) is 0 Å². The van der Waals surface area contributed by atoms with Crippen LogP contribution in [0.3, 0.4) is 0 Å². The van der Waals surface area contributed by atoms with E-state index in [4.69, 9.17) is 10.5 Å². The van der Waals surface area contributed by atoms with Crippen LogP contribution in [0.1, 0.15) is 11.1 Å². The molecule has 0 fully saturated rings. The number of hydrogen-bond donors (Lipinski definition) is 1. The van der Waals surface area contributed by atoms with Crippen LogP contribution in [0.15, 0.2) is 40.9 Å². The second-order valence-electron chi connectivity index (χ2n) is 4.09. The molecule has 2 nitrogen and oxygen atoms in total. The summed E-state index contributed by atoms with van der Waals surface area (Å²) in [5.41, 5.74) is 8.10. The van der Waals surface area contributed by atoms with Crippen LogP contribution in [-0.2, 0) is 6.61 Å². The number of nitrogen functional groups attached to an aromatic ring is 1. The van der Waals surface area contributed by atoms with Crippen LogP contribution in [-0.4, -0.2) is 0 Å². The Balaban J connectivity index is 2.11. The lowest BCUT2D eigenvalue weighted by Crippen LogP contribution is -1.98. The molecule has 0 saturated carbocycles. The third-order valence-electron chi connectivity index (χ3n) is 2.52. The summed E-state index contributed by atoms with van der Waals surface area (Å²) in [6.45, 7) is 2.24. The van der Waals surface area contributed by atoms with Crippen LogP contribution in [0.5, 0.6) is 5.75 Å². The lowest BCUT2D eigenvalue weighted by molar-refractivity contribution is 0.303. The van der Waals surface area contributed by atoms with Crippen molar-refractivity contribution in [2.45, 2.75) is 13.5 Å². The van der Waals surface area contributed by atoms with Crippen molar-refractivity contribution in [2.75, 3.05) is 5.73 Å². The predicted molar refractivity (Wildman–Crippen MR) is 74.0 cm³/mol. The standard InChI is InChI=1S/C14H13BrFNO/c1-9-4-13(17)2-3-14(9)18-8-10-5-11(15)7-12(16)6-10/h2-7H,8,17H2,1H3. The van der Waals surface area contributed by atoms with Gasteiger partial charge in [0.15, 0.2) is 0 Å². The van der Waals surface area contributed by atoms with E-state index in [2.05, 4.69) is 15.9 Å². The highest BCUT2D eigenvalue weighted by Crippen LogP contribution is 2.22. The molecule has 2 aromatic carbocycles. The number of aryl methyl sites for hydroxylation is 1. The number of rotatable bonds is 3. The van der Waals surface area contributed by atoms with Gasteiger partial charge in [-0.2, -0.15) is 0 Å². The van der Waals surface area contributed by atoms with E-state index in [-0.39, 0.29) is 5.82 Å². The molecule has 0 spiro atoms. The zero-order valence-corrected chi connectivity index (χ0v) is 11.5. The third kappa shape index (κ3) is 3.23. The van der Waals surface area contributed by atoms with Gasteiger partial charge in [-0.25, -0.2) is 4.39 Å². The van der Waals surface area contributed by atoms with Crippen LogP contribution in [0.2, 0.25) is 0 Å². The molecule has 0 radical (unpaired) electrons. The normalized spacial score (nSPS) is 10.4. The van der Waals surface area contributed by atoms with Crippen molar-refractivity contribution in [3.05, 3.63) is 57.8 Å². The maximum Gasteiger partial charge on any atom is 0.124 e. The molecule has 0 aliphatic heterocycles. The van der Waals surface area contributed by atoms with Crippen molar-refractivity contribution >= 4 is 21.6 Å². The maximum atomic E-state index is 13.2. The van der Waals surface area contributed by atoms with Gasteiger partial charge in [0.2, 0.25) is 0 Å². The molecule has 0 bridgehead atoms. The zero-order valence-electron chi connectivity index (χ0n) is 9.91. The Bertz CT molecular complexity index is 551. The quantitative estimate of drug-likeness (QED) is 0.868. The van der Waals surface area contributed by atoms with Gasteiger partial charge in [0.25, 0.3) is 0 Å². The van der Waals surface area contributed by atoms with E-state index in [1.165, 1.54) is 12.1 Å². The van der Waals surface area contributed by atoms with E-state index in [1.807, 2.05) is 25.1 Å². The summed E-state index contributed by atoms with van der Waals surface area (Å²) in [7, 11) is 0. The second-order valence-corrected chi connectivity index (χ2v) is 5.01. The van der Waals surface area contributed by atoms with E-state index in [9.17, 15) is 4.39 Å². The molecule has 2 rings (SSSR count). The molecule has 0 aromatic heterocycles. The molecule has 0 unspecified atom stereocenters. The van der Waals surface area contributed by atoms with Crippen LogP contribution in [0, 0.1) is 12.7 Å². The fourth-order valence-corrected chi connectivity index (χ4v) is 2.20. The molecule has 94 valence electrons. The van der Waals surface area contributed by atoms with Gasteiger partial charge >= 0.3 is 0 Å². The summed E-state index contributed by atoms with van der Waals surface area (Å²) in [6, 6.07) is 10.1. The summed E-state index contributed by atoms with van der Waals surface area (Å²) in [6.07, 6.45) is 0. The van der Waals surface area contributed by atoms with Gasteiger partial charge in [-0.3, -0.25) is 0 Å². The van der Waals surface area contributed by atoms with Gasteiger partial charge in [-0.15, -0.1) is 0 Å². The number of hydrogen-bond acceptors (Lipinski definition) is 2. The summed E-state index contributed by atoms with van der Waals surface area (Å²) in [5, 5.41) is 0. The highest BCUT2D eigenvalue weighted by atomic mass is 79.9. The highest BCUT2D eigenvalue weighted by Gasteiger charge is 2.03. The van der Waals surface area contributed by atoms with Crippen molar-refractivity contribution in [1.29, 1.82) is 0 Å². The van der Waals surface area contributed by atoms with Crippen molar-refractivity contribution < 1.29 is 9.13 Å². The number of halogens is 2. The molecule has 2 N–H and O–H groups in total. The molecule has 2 aromatic rings. The molecular formula is C14H13BrFNO. The average molecular weight is 310 g/mol. The average Bonchev–Trinajstić information content (AvgIpc) is 2.26. The molecule has 0 aliphatic carbocycles. The van der Waals surface area contributed by atoms with Crippen molar-refractivity contribution in [3.63, 3.8) is 0 Å². The van der Waals surface area contributed by atoms with Crippen LogP contribution in [0.4, 0.5) is 10.1 Å². The van der Waals surface area contributed by atoms with Gasteiger partial charge in [0.1, 0.15) is 18.2 Å². The molecule has 0 saturated heterocycles. The van der Waals surface area contributed by atoms with Gasteiger partial charge in [-0.05, 0) is 54.4 Å². The SMILES string of the molecule is Cc1cc(N)ccc1OCc1cc(F)cc(Br)c1. The first-order chi connectivity index (χ1) is 8.54. The van der Waals surface area contributed by atoms with Gasteiger partial charge in [0.05, 0.1) is 0 Å². The number of anilines is 1. The molecule has 0 amide bonds. The predicted octanol–water partition coefficient (Wildman–Crippen LogP) is 4.06. The fourth-order valence-electron chi connectivity index (χ4n) is 1.69. The Kier molecular flexibility index (Phi) is 3.87. The summed E-state index contributed by atoms with van der Waals surface area (Å²) >= 11 is 3.25. The lowest BCUT2D eigenvalue weighted by Gasteiger charge is -2.10. The zero-order chi connectivity index (χ0) is 13.1. The molecule has 4 heteroatoms. The van der Waals surface area contributed by atoms with Gasteiger partial charge in [0, 0.05) is 10.2 Å². The molecular weight excluding hydrogens is 297 g/mol. The van der Waals surface area contributed by atoms with E-state index >= 15 is 0 Å². The Hall–Kier alpha value is -1.55. The van der Waals surface area contributed by atoms with E-state index in [1.54, 1.807) is 6.07 Å². The topological polar surface area (TPSA) is 35.2 Å². The maximum absolute atomic E-state index is 13.2. The molecule has 0 aliphatic rings. The van der Waals surface area contributed by atoms with E-state index in [0.29, 0.717) is 16.8 Å². The van der Waals surface area contributed by atoms with Gasteiger partial charge in [-0.1, -0.05) is 15.9 Å². The lowest BCUT2D eigenvalue weighted by atomic mass is 10.2. The first-order valence-corrected chi connectivity index (χ1v) is 6.28. The summed E-state index contributed by atoms with van der Waals surface area (Å²) in [4.78, 5) is 0. The van der Waals surface area contributed by atoms with E-state index in [0.717, 1.165) is 16.9 Å². The fraction of sp³-hybridized carbons (Fsp3) is 0.143. The van der Waals surface area contributed by atoms with Crippen molar-refractivity contribution in [3.8, 4) is 5.75 Å². The van der Waals surface area contributed by atoms with Crippen molar-refractivity contribution in [1.82, 2.24) is 0 Å².